The van der Waals surface area contributed by atoms with Crippen LogP contribution in [0.15, 0.2) is 17.1 Å². The second-order valence-electron chi connectivity index (χ2n) is 5.38. The largest absolute Gasteiger partial charge is 0.205 e. The lowest BCUT2D eigenvalue weighted by molar-refractivity contribution is 0.309. The van der Waals surface area contributed by atoms with Crippen molar-refractivity contribution >= 4 is 23.1 Å². The highest BCUT2D eigenvalue weighted by atomic mass is 32.1. The van der Waals surface area contributed by atoms with Crippen molar-refractivity contribution in [2.75, 3.05) is 0 Å². The molecule has 0 heterocycles. The second-order valence-corrected chi connectivity index (χ2v) is 5.57. The molecule has 1 aliphatic carbocycles. The summed E-state index contributed by atoms with van der Waals surface area (Å²) in [6, 6.07) is 2.25. The summed E-state index contributed by atoms with van der Waals surface area (Å²) in [6.07, 6.45) is 5.54. The number of hydrogen-bond acceptors (Lipinski definition) is 2. The van der Waals surface area contributed by atoms with Gasteiger partial charge in [-0.2, -0.15) is 4.99 Å². The molecule has 1 nitrogen and oxygen atoms in total. The fourth-order valence-corrected chi connectivity index (χ4v) is 2.79. The van der Waals surface area contributed by atoms with Gasteiger partial charge in [-0.15, -0.1) is 0 Å². The Hall–Kier alpha value is -1.56. The zero-order chi connectivity index (χ0) is 15.2. The normalized spacial score (nSPS) is 21.1. The van der Waals surface area contributed by atoms with E-state index in [9.17, 15) is 8.78 Å². The van der Waals surface area contributed by atoms with Crippen LogP contribution in [0.1, 0.15) is 44.6 Å². The van der Waals surface area contributed by atoms with Gasteiger partial charge in [-0.1, -0.05) is 25.2 Å². The molecule has 110 valence electrons. The standard InChI is InChI=1S/C17H17F2NS/c1-2-12-3-5-13(6-4-12)7-8-15-16(18)9-14(20-11-21)10-17(15)19/h9-10,12-13H,2-6H2,1H3. The van der Waals surface area contributed by atoms with Gasteiger partial charge in [-0.3, -0.25) is 0 Å². The number of halogens is 2. The summed E-state index contributed by atoms with van der Waals surface area (Å²) >= 11 is 4.42. The van der Waals surface area contributed by atoms with Crippen LogP contribution in [0, 0.1) is 35.3 Å². The summed E-state index contributed by atoms with van der Waals surface area (Å²) < 4.78 is 27.7. The number of thiocarbonyl (C=S) groups is 1. The molecule has 0 N–H and O–H groups in total. The molecule has 0 amide bonds. The molecule has 0 saturated heterocycles. The second kappa shape index (κ2) is 7.45. The molecule has 0 bridgehead atoms. The summed E-state index contributed by atoms with van der Waals surface area (Å²) in [6.45, 7) is 2.20. The van der Waals surface area contributed by atoms with Crippen LogP contribution in [-0.2, 0) is 0 Å². The van der Waals surface area contributed by atoms with Gasteiger partial charge < -0.3 is 0 Å². The average molecular weight is 305 g/mol. The fraction of sp³-hybridized carbons (Fsp3) is 0.471. The van der Waals surface area contributed by atoms with Crippen LogP contribution >= 0.6 is 12.2 Å². The number of nitrogens with zero attached hydrogens (tertiary/aromatic N) is 1. The maximum Gasteiger partial charge on any atom is 0.143 e. The van der Waals surface area contributed by atoms with Gasteiger partial charge in [-0.05, 0) is 43.8 Å². The quantitative estimate of drug-likeness (QED) is 0.412. The Morgan fingerprint density at radius 3 is 2.33 bits per heavy atom. The molecule has 1 aromatic rings. The Morgan fingerprint density at radius 1 is 1.19 bits per heavy atom. The molecule has 1 saturated carbocycles. The molecule has 1 fully saturated rings. The Kier molecular flexibility index (Phi) is 5.61. The molecule has 0 radical (unpaired) electrons. The zero-order valence-electron chi connectivity index (χ0n) is 12.0. The van der Waals surface area contributed by atoms with E-state index in [4.69, 9.17) is 0 Å². The van der Waals surface area contributed by atoms with Crippen molar-refractivity contribution in [2.24, 2.45) is 16.8 Å². The first kappa shape index (κ1) is 15.8. The highest BCUT2D eigenvalue weighted by Crippen LogP contribution is 2.30. The summed E-state index contributed by atoms with van der Waals surface area (Å²) in [5, 5.41) is 2.09. The van der Waals surface area contributed by atoms with Crippen LogP contribution in [-0.4, -0.2) is 5.16 Å². The molecular formula is C17H17F2NS. The van der Waals surface area contributed by atoms with Crippen molar-refractivity contribution in [3.63, 3.8) is 0 Å². The van der Waals surface area contributed by atoms with E-state index in [-0.39, 0.29) is 17.2 Å². The summed E-state index contributed by atoms with van der Waals surface area (Å²) in [5.41, 5.74) is -0.0649. The van der Waals surface area contributed by atoms with Gasteiger partial charge in [0.15, 0.2) is 0 Å². The molecule has 4 heteroatoms. The summed E-state index contributed by atoms with van der Waals surface area (Å²) in [5.74, 6) is 5.31. The maximum atomic E-state index is 13.8. The van der Waals surface area contributed by atoms with Crippen molar-refractivity contribution in [1.29, 1.82) is 0 Å². The fourth-order valence-electron chi connectivity index (χ4n) is 2.69. The highest BCUT2D eigenvalue weighted by molar-refractivity contribution is 7.78. The third-order valence-electron chi connectivity index (χ3n) is 4.03. The SMILES string of the molecule is CCC1CCC(C#Cc2c(F)cc(N=C=S)cc2F)CC1. The Morgan fingerprint density at radius 2 is 1.81 bits per heavy atom. The van der Waals surface area contributed by atoms with E-state index in [0.717, 1.165) is 43.7 Å². The number of rotatable bonds is 2. The third kappa shape index (κ3) is 4.20. The van der Waals surface area contributed by atoms with Crippen molar-refractivity contribution in [2.45, 2.75) is 39.0 Å². The van der Waals surface area contributed by atoms with Crippen LogP contribution in [0.3, 0.4) is 0 Å². The predicted octanol–water partition coefficient (Wildman–Crippen LogP) is 5.27. The van der Waals surface area contributed by atoms with E-state index in [1.807, 2.05) is 0 Å². The van der Waals surface area contributed by atoms with Crippen molar-refractivity contribution < 1.29 is 8.78 Å². The minimum Gasteiger partial charge on any atom is -0.205 e. The molecule has 1 aliphatic rings. The van der Waals surface area contributed by atoms with Crippen molar-refractivity contribution in [1.82, 2.24) is 0 Å². The van der Waals surface area contributed by atoms with Gasteiger partial charge in [0.25, 0.3) is 0 Å². The van der Waals surface area contributed by atoms with E-state index in [1.54, 1.807) is 0 Å². The first-order chi connectivity index (χ1) is 10.1. The zero-order valence-corrected chi connectivity index (χ0v) is 12.8. The maximum absolute atomic E-state index is 13.8. The average Bonchev–Trinajstić information content (AvgIpc) is 2.47. The van der Waals surface area contributed by atoms with Crippen molar-refractivity contribution in [3.8, 4) is 11.8 Å². The molecule has 2 rings (SSSR count). The van der Waals surface area contributed by atoms with Gasteiger partial charge in [0.05, 0.1) is 16.4 Å². The summed E-state index contributed by atoms with van der Waals surface area (Å²) in [4.78, 5) is 3.57. The smallest absolute Gasteiger partial charge is 0.143 e. The lowest BCUT2D eigenvalue weighted by Gasteiger charge is -2.24. The van der Waals surface area contributed by atoms with Crippen molar-refractivity contribution in [3.05, 3.63) is 29.3 Å². The first-order valence-corrected chi connectivity index (χ1v) is 7.63. The molecule has 0 aliphatic heterocycles. The van der Waals surface area contributed by atoms with Gasteiger partial charge in [0.2, 0.25) is 0 Å². The van der Waals surface area contributed by atoms with E-state index < -0.39 is 11.6 Å². The van der Waals surface area contributed by atoms with Gasteiger partial charge in [0, 0.05) is 18.1 Å². The number of isothiocyanates is 1. The van der Waals surface area contributed by atoms with Gasteiger partial charge in [0.1, 0.15) is 11.6 Å². The van der Waals surface area contributed by atoms with Crippen LogP contribution in [0.5, 0.6) is 0 Å². The topological polar surface area (TPSA) is 12.4 Å². The number of benzene rings is 1. The third-order valence-corrected chi connectivity index (χ3v) is 4.12. The number of hydrogen-bond donors (Lipinski definition) is 0. The molecule has 0 atom stereocenters. The van der Waals surface area contributed by atoms with Gasteiger partial charge in [-0.25, -0.2) is 8.78 Å². The molecule has 0 unspecified atom stereocenters. The highest BCUT2D eigenvalue weighted by Gasteiger charge is 2.18. The lowest BCUT2D eigenvalue weighted by atomic mass is 9.81. The van der Waals surface area contributed by atoms with E-state index >= 15 is 0 Å². The molecule has 0 aromatic heterocycles. The molecule has 21 heavy (non-hydrogen) atoms. The van der Waals surface area contributed by atoms with Crippen LogP contribution in [0.4, 0.5) is 14.5 Å². The van der Waals surface area contributed by atoms with E-state index in [0.29, 0.717) is 0 Å². The first-order valence-electron chi connectivity index (χ1n) is 7.22. The Labute approximate surface area is 129 Å². The van der Waals surface area contributed by atoms with Gasteiger partial charge >= 0.3 is 0 Å². The molecular weight excluding hydrogens is 288 g/mol. The Bertz CT molecular complexity index is 592. The predicted molar refractivity (Wildman–Crippen MR) is 83.7 cm³/mol. The monoisotopic (exact) mass is 305 g/mol. The minimum absolute atomic E-state index is 0.119. The van der Waals surface area contributed by atoms with E-state index in [1.165, 1.54) is 6.42 Å². The minimum atomic E-state index is -0.700. The summed E-state index contributed by atoms with van der Waals surface area (Å²) in [7, 11) is 0. The van der Waals surface area contributed by atoms with Crippen LogP contribution in [0.2, 0.25) is 0 Å². The van der Waals surface area contributed by atoms with Crippen LogP contribution in [0.25, 0.3) is 0 Å². The van der Waals surface area contributed by atoms with Crippen LogP contribution < -0.4 is 0 Å². The Balaban J connectivity index is 2.14. The number of aliphatic imine (C=N–C) groups is 1. The lowest BCUT2D eigenvalue weighted by Crippen LogP contribution is -2.12. The molecule has 0 spiro atoms. The van der Waals surface area contributed by atoms with E-state index in [2.05, 4.69) is 41.1 Å². The molecule has 1 aromatic carbocycles.